The van der Waals surface area contributed by atoms with Crippen LogP contribution in [0.5, 0.6) is 0 Å². The molecule has 0 amide bonds. The van der Waals surface area contributed by atoms with Crippen molar-refractivity contribution in [3.8, 4) is 0 Å². The smallest absolute Gasteiger partial charge is 0.244 e. The second kappa shape index (κ2) is 6.35. The fraction of sp³-hybridized carbons (Fsp3) is 0.692. The van der Waals surface area contributed by atoms with Crippen LogP contribution in [-0.4, -0.2) is 32.4 Å². The Labute approximate surface area is 119 Å². The van der Waals surface area contributed by atoms with Gasteiger partial charge in [0.15, 0.2) is 0 Å². The fourth-order valence-corrected chi connectivity index (χ4v) is 5.64. The Kier molecular flexibility index (Phi) is 5.00. The summed E-state index contributed by atoms with van der Waals surface area (Å²) < 4.78 is 27.1. The van der Waals surface area contributed by atoms with Crippen LogP contribution in [0.3, 0.4) is 0 Å². The third kappa shape index (κ3) is 3.18. The van der Waals surface area contributed by atoms with Gasteiger partial charge in [-0.1, -0.05) is 13.3 Å². The van der Waals surface area contributed by atoms with Crippen LogP contribution in [0.15, 0.2) is 16.3 Å². The van der Waals surface area contributed by atoms with Gasteiger partial charge < -0.3 is 5.32 Å². The highest BCUT2D eigenvalue weighted by atomic mass is 32.2. The lowest BCUT2D eigenvalue weighted by atomic mass is 10.0. The number of hydrogen-bond acceptors (Lipinski definition) is 4. The average Bonchev–Trinajstić information content (AvgIpc) is 2.88. The third-order valence-corrected chi connectivity index (χ3v) is 6.65. The van der Waals surface area contributed by atoms with Crippen molar-refractivity contribution >= 4 is 21.4 Å². The van der Waals surface area contributed by atoms with Gasteiger partial charge in [0.2, 0.25) is 10.0 Å². The van der Waals surface area contributed by atoms with Gasteiger partial charge in [0, 0.05) is 29.4 Å². The van der Waals surface area contributed by atoms with E-state index in [1.807, 2.05) is 7.05 Å². The van der Waals surface area contributed by atoms with Gasteiger partial charge in [-0.2, -0.15) is 4.31 Å². The normalized spacial score (nSPS) is 21.7. The Balaban J connectivity index is 2.24. The van der Waals surface area contributed by atoms with Gasteiger partial charge in [0.25, 0.3) is 0 Å². The molecule has 4 nitrogen and oxygen atoms in total. The molecule has 1 aliphatic rings. The van der Waals surface area contributed by atoms with Crippen molar-refractivity contribution in [2.75, 3.05) is 13.6 Å². The molecule has 1 N–H and O–H groups in total. The molecule has 0 aromatic carbocycles. The van der Waals surface area contributed by atoms with Crippen molar-refractivity contribution in [1.82, 2.24) is 9.62 Å². The number of nitrogens with one attached hydrogen (secondary N) is 1. The van der Waals surface area contributed by atoms with Crippen molar-refractivity contribution in [3.63, 3.8) is 0 Å². The van der Waals surface area contributed by atoms with E-state index in [0.717, 1.165) is 37.1 Å². The standard InChI is InChI=1S/C13H22N2O2S2/c1-3-11-6-4-5-7-15(11)19(16,17)13-8-12(9-14-2)18-10-13/h8,10-11,14H,3-7,9H2,1-2H3. The molecule has 0 spiro atoms. The Hall–Kier alpha value is -0.430. The molecule has 1 atom stereocenters. The van der Waals surface area contributed by atoms with Gasteiger partial charge in [-0.3, -0.25) is 0 Å². The van der Waals surface area contributed by atoms with E-state index in [1.54, 1.807) is 15.8 Å². The van der Waals surface area contributed by atoms with Gasteiger partial charge >= 0.3 is 0 Å². The predicted octanol–water partition coefficient (Wildman–Crippen LogP) is 2.42. The topological polar surface area (TPSA) is 49.4 Å². The monoisotopic (exact) mass is 302 g/mol. The zero-order chi connectivity index (χ0) is 13.9. The van der Waals surface area contributed by atoms with Crippen molar-refractivity contribution < 1.29 is 8.42 Å². The maximum atomic E-state index is 12.7. The Morgan fingerprint density at radius 2 is 2.26 bits per heavy atom. The molecule has 19 heavy (non-hydrogen) atoms. The summed E-state index contributed by atoms with van der Waals surface area (Å²) in [5.74, 6) is 0. The minimum Gasteiger partial charge on any atom is -0.315 e. The Morgan fingerprint density at radius 1 is 1.47 bits per heavy atom. The molecule has 1 saturated heterocycles. The summed E-state index contributed by atoms with van der Waals surface area (Å²) in [4.78, 5) is 1.52. The average molecular weight is 302 g/mol. The van der Waals surface area contributed by atoms with Gasteiger partial charge in [-0.15, -0.1) is 11.3 Å². The molecule has 1 aromatic heterocycles. The van der Waals surface area contributed by atoms with Gasteiger partial charge in [-0.05, 0) is 32.4 Å². The molecular formula is C13H22N2O2S2. The molecule has 0 aliphatic carbocycles. The van der Waals surface area contributed by atoms with E-state index in [1.165, 1.54) is 11.3 Å². The SMILES string of the molecule is CCC1CCCCN1S(=O)(=O)c1csc(CNC)c1. The molecule has 1 aliphatic heterocycles. The van der Waals surface area contributed by atoms with E-state index >= 15 is 0 Å². The maximum absolute atomic E-state index is 12.7. The fourth-order valence-electron chi connectivity index (χ4n) is 2.60. The highest BCUT2D eigenvalue weighted by Crippen LogP contribution is 2.29. The second-order valence-corrected chi connectivity index (χ2v) is 7.84. The zero-order valence-corrected chi connectivity index (χ0v) is 13.2. The summed E-state index contributed by atoms with van der Waals surface area (Å²) in [6, 6.07) is 1.98. The van der Waals surface area contributed by atoms with Crippen LogP contribution in [0.2, 0.25) is 0 Å². The van der Waals surface area contributed by atoms with Crippen molar-refractivity contribution in [2.24, 2.45) is 0 Å². The van der Waals surface area contributed by atoms with Crippen molar-refractivity contribution in [3.05, 3.63) is 16.3 Å². The van der Waals surface area contributed by atoms with Crippen LogP contribution in [0, 0.1) is 0 Å². The lowest BCUT2D eigenvalue weighted by molar-refractivity contribution is 0.246. The van der Waals surface area contributed by atoms with Crippen LogP contribution < -0.4 is 5.32 Å². The number of thiophene rings is 1. The molecule has 6 heteroatoms. The first-order valence-corrected chi connectivity index (χ1v) is 9.15. The first-order chi connectivity index (χ1) is 9.09. The van der Waals surface area contributed by atoms with E-state index in [2.05, 4.69) is 12.2 Å². The summed E-state index contributed by atoms with van der Waals surface area (Å²) in [7, 11) is -1.44. The Bertz CT molecular complexity index is 510. The third-order valence-electron chi connectivity index (χ3n) is 3.63. The summed E-state index contributed by atoms with van der Waals surface area (Å²) in [6.07, 6.45) is 4.00. The van der Waals surface area contributed by atoms with Gasteiger partial charge in [-0.25, -0.2) is 8.42 Å². The molecule has 1 unspecified atom stereocenters. The van der Waals surface area contributed by atoms with Crippen LogP contribution >= 0.6 is 11.3 Å². The van der Waals surface area contributed by atoms with E-state index in [-0.39, 0.29) is 6.04 Å². The molecule has 2 rings (SSSR count). The summed E-state index contributed by atoms with van der Waals surface area (Å²) in [6.45, 7) is 3.45. The van der Waals surface area contributed by atoms with Gasteiger partial charge in [0.1, 0.15) is 0 Å². The highest BCUT2D eigenvalue weighted by molar-refractivity contribution is 7.89. The first kappa shape index (κ1) is 15.0. The number of rotatable bonds is 5. The summed E-state index contributed by atoms with van der Waals surface area (Å²) >= 11 is 1.51. The molecule has 0 radical (unpaired) electrons. The molecule has 0 bridgehead atoms. The largest absolute Gasteiger partial charge is 0.315 e. The number of hydrogen-bond donors (Lipinski definition) is 1. The van der Waals surface area contributed by atoms with Crippen LogP contribution in [0.1, 0.15) is 37.5 Å². The van der Waals surface area contributed by atoms with Crippen LogP contribution in [0.4, 0.5) is 0 Å². The molecule has 1 aromatic rings. The molecule has 2 heterocycles. The lowest BCUT2D eigenvalue weighted by Gasteiger charge is -2.33. The quantitative estimate of drug-likeness (QED) is 0.909. The van der Waals surface area contributed by atoms with E-state index in [0.29, 0.717) is 11.4 Å². The number of piperidine rings is 1. The van der Waals surface area contributed by atoms with Crippen molar-refractivity contribution in [1.29, 1.82) is 0 Å². The minimum absolute atomic E-state index is 0.173. The molecular weight excluding hydrogens is 280 g/mol. The van der Waals surface area contributed by atoms with Crippen LogP contribution in [-0.2, 0) is 16.6 Å². The highest BCUT2D eigenvalue weighted by Gasteiger charge is 2.32. The number of nitrogens with zero attached hydrogens (tertiary/aromatic N) is 1. The maximum Gasteiger partial charge on any atom is 0.244 e. The first-order valence-electron chi connectivity index (χ1n) is 6.83. The van der Waals surface area contributed by atoms with Gasteiger partial charge in [0.05, 0.1) is 4.90 Å². The van der Waals surface area contributed by atoms with E-state index < -0.39 is 10.0 Å². The van der Waals surface area contributed by atoms with Crippen LogP contribution in [0.25, 0.3) is 0 Å². The Morgan fingerprint density at radius 3 is 2.95 bits per heavy atom. The van der Waals surface area contributed by atoms with E-state index in [9.17, 15) is 8.42 Å². The van der Waals surface area contributed by atoms with Crippen molar-refractivity contribution in [2.45, 2.75) is 50.1 Å². The summed E-state index contributed by atoms with van der Waals surface area (Å²) in [5, 5.41) is 4.82. The lowest BCUT2D eigenvalue weighted by Crippen LogP contribution is -2.43. The predicted molar refractivity (Wildman–Crippen MR) is 78.9 cm³/mol. The number of sulfonamides is 1. The second-order valence-electron chi connectivity index (χ2n) is 4.95. The molecule has 0 saturated carbocycles. The molecule has 108 valence electrons. The summed E-state index contributed by atoms with van der Waals surface area (Å²) in [5.41, 5.74) is 0. The van der Waals surface area contributed by atoms with E-state index in [4.69, 9.17) is 0 Å². The minimum atomic E-state index is -3.30. The molecule has 1 fully saturated rings. The zero-order valence-electron chi connectivity index (χ0n) is 11.6.